The monoisotopic (exact) mass is 285 g/mol. The summed E-state index contributed by atoms with van der Waals surface area (Å²) in [5.41, 5.74) is -0.277. The van der Waals surface area contributed by atoms with Crippen molar-refractivity contribution in [2.45, 2.75) is 33.4 Å². The van der Waals surface area contributed by atoms with E-state index < -0.39 is 30.8 Å². The highest BCUT2D eigenvalue weighted by Gasteiger charge is 2.30. The number of hydrogen-bond acceptors (Lipinski definition) is 3. The Hall–Kier alpha value is -1.47. The van der Waals surface area contributed by atoms with Crippen LogP contribution >= 0.6 is 0 Å². The Morgan fingerprint density at radius 3 is 2.16 bits per heavy atom. The molecule has 0 aliphatic carbocycles. The number of carbonyl (C=O) groups excluding carboxylic acids is 1. The molecule has 0 bridgehead atoms. The van der Waals surface area contributed by atoms with Crippen LogP contribution in [0.25, 0.3) is 0 Å². The normalized spacial score (nSPS) is 13.8. The molecule has 0 fully saturated rings. The number of carboxylic acids is 1. The summed E-state index contributed by atoms with van der Waals surface area (Å²) in [5.74, 6) is -2.00. The van der Waals surface area contributed by atoms with Crippen LogP contribution < -0.4 is 5.32 Å². The fraction of sp³-hybridized carbons (Fsp3) is 0.818. The Labute approximate surface area is 109 Å². The third-order valence-corrected chi connectivity index (χ3v) is 2.07. The van der Waals surface area contributed by atoms with E-state index in [2.05, 4.69) is 4.74 Å². The molecule has 0 spiro atoms. The summed E-state index contributed by atoms with van der Waals surface area (Å²) >= 11 is 0. The molecule has 0 saturated carbocycles. The Balaban J connectivity index is 4.19. The lowest BCUT2D eigenvalue weighted by molar-refractivity contribution is -0.160. The molecule has 19 heavy (non-hydrogen) atoms. The lowest BCUT2D eigenvalue weighted by Gasteiger charge is -2.23. The number of carboxylic acid groups (broad SMARTS) is 1. The van der Waals surface area contributed by atoms with Crippen LogP contribution in [0.4, 0.5) is 18.0 Å². The van der Waals surface area contributed by atoms with Crippen molar-refractivity contribution in [2.75, 3.05) is 13.2 Å². The smallest absolute Gasteiger partial charge is 0.422 e. The Bertz CT molecular complexity index is 323. The molecule has 2 N–H and O–H groups in total. The molecule has 5 nitrogen and oxygen atoms in total. The summed E-state index contributed by atoms with van der Waals surface area (Å²) in [4.78, 5) is 21.9. The number of carbonyl (C=O) groups is 2. The minimum atomic E-state index is -4.60. The van der Waals surface area contributed by atoms with Gasteiger partial charge in [-0.1, -0.05) is 20.8 Å². The second-order valence-corrected chi connectivity index (χ2v) is 5.37. The first-order valence-corrected chi connectivity index (χ1v) is 5.61. The molecule has 0 aromatic carbocycles. The molecular weight excluding hydrogens is 267 g/mol. The molecule has 1 amide bonds. The van der Waals surface area contributed by atoms with Crippen LogP contribution in [0.3, 0.4) is 0 Å². The van der Waals surface area contributed by atoms with Crippen molar-refractivity contribution in [3.05, 3.63) is 0 Å². The maximum Gasteiger partial charge on any atom is 0.422 e. The van der Waals surface area contributed by atoms with Gasteiger partial charge in [-0.05, 0) is 11.8 Å². The van der Waals surface area contributed by atoms with E-state index in [1.54, 1.807) is 0 Å². The Morgan fingerprint density at radius 2 is 1.79 bits per heavy atom. The molecule has 0 heterocycles. The van der Waals surface area contributed by atoms with Crippen LogP contribution in [-0.4, -0.2) is 36.5 Å². The van der Waals surface area contributed by atoms with Crippen LogP contribution in [0, 0.1) is 11.3 Å². The number of rotatable bonds is 5. The van der Waals surface area contributed by atoms with Crippen LogP contribution in [0.1, 0.15) is 27.2 Å². The number of amides is 1. The third-order valence-electron chi connectivity index (χ3n) is 2.07. The lowest BCUT2D eigenvalue weighted by Crippen LogP contribution is -2.36. The fourth-order valence-corrected chi connectivity index (χ4v) is 1.39. The first kappa shape index (κ1) is 17.5. The highest BCUT2D eigenvalue weighted by molar-refractivity contribution is 5.72. The van der Waals surface area contributed by atoms with E-state index in [0.29, 0.717) is 0 Å². The van der Waals surface area contributed by atoms with Crippen molar-refractivity contribution in [1.82, 2.24) is 5.32 Å². The molecule has 112 valence electrons. The lowest BCUT2D eigenvalue weighted by atomic mass is 9.84. The molecule has 1 unspecified atom stereocenters. The van der Waals surface area contributed by atoms with Gasteiger partial charge in [0.1, 0.15) is 0 Å². The number of alkyl halides is 3. The van der Waals surface area contributed by atoms with Crippen LogP contribution in [0.15, 0.2) is 0 Å². The highest BCUT2D eigenvalue weighted by Crippen LogP contribution is 2.24. The average molecular weight is 285 g/mol. The molecular formula is C11H18F3NO4. The third kappa shape index (κ3) is 10.2. The Morgan fingerprint density at radius 1 is 1.26 bits per heavy atom. The molecule has 8 heteroatoms. The first-order valence-electron chi connectivity index (χ1n) is 5.61. The number of ether oxygens (including phenoxy) is 1. The number of alkyl carbamates (subject to hydrolysis) is 1. The van der Waals surface area contributed by atoms with Crippen molar-refractivity contribution in [3.8, 4) is 0 Å². The number of nitrogens with one attached hydrogen (secondary N) is 1. The van der Waals surface area contributed by atoms with Crippen molar-refractivity contribution in [3.63, 3.8) is 0 Å². The summed E-state index contributed by atoms with van der Waals surface area (Å²) < 4.78 is 39.2. The number of hydrogen-bond donors (Lipinski definition) is 2. The van der Waals surface area contributed by atoms with Gasteiger partial charge in [0.15, 0.2) is 6.61 Å². The summed E-state index contributed by atoms with van der Waals surface area (Å²) in [6.45, 7) is 3.50. The van der Waals surface area contributed by atoms with E-state index in [1.807, 2.05) is 26.1 Å². The maximum atomic E-state index is 11.8. The van der Waals surface area contributed by atoms with Gasteiger partial charge in [-0.3, -0.25) is 4.79 Å². The first-order chi connectivity index (χ1) is 8.41. The highest BCUT2D eigenvalue weighted by atomic mass is 19.4. The topological polar surface area (TPSA) is 75.6 Å². The van der Waals surface area contributed by atoms with Gasteiger partial charge in [-0.2, -0.15) is 13.2 Å². The van der Waals surface area contributed by atoms with Crippen molar-refractivity contribution in [1.29, 1.82) is 0 Å². The summed E-state index contributed by atoms with van der Waals surface area (Å²) in [5, 5.41) is 11.0. The number of halogens is 3. The van der Waals surface area contributed by atoms with Crippen LogP contribution in [0.5, 0.6) is 0 Å². The predicted octanol–water partition coefficient (Wildman–Crippen LogP) is 2.41. The minimum Gasteiger partial charge on any atom is -0.481 e. The molecule has 0 aromatic heterocycles. The van der Waals surface area contributed by atoms with E-state index in [0.717, 1.165) is 0 Å². The number of aliphatic carboxylic acids is 1. The second kappa shape index (κ2) is 6.63. The van der Waals surface area contributed by atoms with Crippen molar-refractivity contribution < 1.29 is 32.6 Å². The van der Waals surface area contributed by atoms with Crippen molar-refractivity contribution in [2.24, 2.45) is 11.3 Å². The quantitative estimate of drug-likeness (QED) is 0.813. The Kier molecular flexibility index (Phi) is 6.11. The van der Waals surface area contributed by atoms with E-state index in [1.165, 1.54) is 0 Å². The summed E-state index contributed by atoms with van der Waals surface area (Å²) in [7, 11) is 0. The van der Waals surface area contributed by atoms with Gasteiger partial charge in [0.05, 0.1) is 5.92 Å². The van der Waals surface area contributed by atoms with Gasteiger partial charge in [-0.15, -0.1) is 0 Å². The fourth-order valence-electron chi connectivity index (χ4n) is 1.39. The molecule has 1 atom stereocenters. The zero-order chi connectivity index (χ0) is 15.3. The average Bonchev–Trinajstić information content (AvgIpc) is 2.18. The van der Waals surface area contributed by atoms with Gasteiger partial charge >= 0.3 is 18.2 Å². The zero-order valence-corrected chi connectivity index (χ0v) is 11.0. The molecule has 0 aromatic rings. The summed E-state index contributed by atoms with van der Waals surface area (Å²) in [6.07, 6.45) is -5.60. The van der Waals surface area contributed by atoms with Gasteiger partial charge in [0, 0.05) is 6.54 Å². The standard InChI is InChI=1S/C11H18F3NO4/c1-10(2,3)4-7(8(16)17)5-15-9(18)19-6-11(12,13)14/h7H,4-6H2,1-3H3,(H,15,18)(H,16,17). The van der Waals surface area contributed by atoms with Crippen LogP contribution in [0.2, 0.25) is 0 Å². The molecule has 0 aliphatic heterocycles. The zero-order valence-electron chi connectivity index (χ0n) is 11.0. The van der Waals surface area contributed by atoms with E-state index in [9.17, 15) is 22.8 Å². The van der Waals surface area contributed by atoms with E-state index >= 15 is 0 Å². The van der Waals surface area contributed by atoms with Gasteiger partial charge in [-0.25, -0.2) is 4.79 Å². The second-order valence-electron chi connectivity index (χ2n) is 5.37. The summed E-state index contributed by atoms with van der Waals surface area (Å²) in [6, 6.07) is 0. The maximum absolute atomic E-state index is 11.8. The molecule has 0 radical (unpaired) electrons. The van der Waals surface area contributed by atoms with Crippen LogP contribution in [-0.2, 0) is 9.53 Å². The molecule has 0 aliphatic rings. The minimum absolute atomic E-state index is 0.275. The largest absolute Gasteiger partial charge is 0.481 e. The molecule has 0 rings (SSSR count). The SMILES string of the molecule is CC(C)(C)CC(CNC(=O)OCC(F)(F)F)C(=O)O. The van der Waals surface area contributed by atoms with E-state index in [-0.39, 0.29) is 18.4 Å². The van der Waals surface area contributed by atoms with Gasteiger partial charge < -0.3 is 15.2 Å². The van der Waals surface area contributed by atoms with Gasteiger partial charge in [0.25, 0.3) is 0 Å². The molecule has 0 saturated heterocycles. The van der Waals surface area contributed by atoms with Gasteiger partial charge in [0.2, 0.25) is 0 Å². The van der Waals surface area contributed by atoms with Crippen molar-refractivity contribution >= 4 is 12.1 Å². The van der Waals surface area contributed by atoms with E-state index in [4.69, 9.17) is 5.11 Å². The predicted molar refractivity (Wildman–Crippen MR) is 60.6 cm³/mol.